The largest absolute Gasteiger partial charge is 0.343 e. The van der Waals surface area contributed by atoms with Crippen LogP contribution in [0.15, 0.2) is 30.3 Å². The quantitative estimate of drug-likeness (QED) is 0.370. The summed E-state index contributed by atoms with van der Waals surface area (Å²) >= 11 is 0. The molecular formula is C27H38N4O5. The number of carbonyl (C=O) groups is 5. The summed E-state index contributed by atoms with van der Waals surface area (Å²) in [7, 11) is 0. The first-order chi connectivity index (χ1) is 17.3. The molecule has 0 spiro atoms. The van der Waals surface area contributed by atoms with E-state index < -0.39 is 36.0 Å². The van der Waals surface area contributed by atoms with Gasteiger partial charge in [0.25, 0.3) is 0 Å². The van der Waals surface area contributed by atoms with Crippen LogP contribution in [0, 0.1) is 5.92 Å². The minimum absolute atomic E-state index is 0.154. The third-order valence-electron chi connectivity index (χ3n) is 7.23. The molecule has 2 aliphatic heterocycles. The van der Waals surface area contributed by atoms with E-state index in [4.69, 9.17) is 0 Å². The molecule has 196 valence electrons. The highest BCUT2D eigenvalue weighted by molar-refractivity contribution is 5.97. The molecule has 1 aromatic rings. The first kappa shape index (κ1) is 27.4. The van der Waals surface area contributed by atoms with Crippen LogP contribution in [0.3, 0.4) is 0 Å². The number of hydrogen-bond donors (Lipinski definition) is 3. The van der Waals surface area contributed by atoms with Gasteiger partial charge in [0.1, 0.15) is 30.5 Å². The molecule has 3 rings (SSSR count). The van der Waals surface area contributed by atoms with Gasteiger partial charge < -0.3 is 25.6 Å². The fourth-order valence-electron chi connectivity index (χ4n) is 4.86. The first-order valence-electron chi connectivity index (χ1n) is 13.0. The van der Waals surface area contributed by atoms with Crippen molar-refractivity contribution in [2.24, 2.45) is 5.92 Å². The SMILES string of the molecule is CC[C@H](C)[C@@H]1NC(=O)[C@@H](Cc2ccccc2)NC(=O)[C@H](CCCC=O)NC(=O)[C@@H]2CCCCN2C1=O. The summed E-state index contributed by atoms with van der Waals surface area (Å²) in [5.41, 5.74) is 0.856. The number of amides is 4. The van der Waals surface area contributed by atoms with E-state index in [0.717, 1.165) is 24.7 Å². The van der Waals surface area contributed by atoms with Crippen molar-refractivity contribution >= 4 is 29.9 Å². The van der Waals surface area contributed by atoms with Crippen LogP contribution in [0.5, 0.6) is 0 Å². The van der Waals surface area contributed by atoms with Crippen molar-refractivity contribution in [2.45, 2.75) is 89.4 Å². The van der Waals surface area contributed by atoms with Gasteiger partial charge in [-0.1, -0.05) is 50.6 Å². The van der Waals surface area contributed by atoms with Gasteiger partial charge in [0.15, 0.2) is 0 Å². The van der Waals surface area contributed by atoms with Gasteiger partial charge >= 0.3 is 0 Å². The van der Waals surface area contributed by atoms with Crippen molar-refractivity contribution in [3.05, 3.63) is 35.9 Å². The van der Waals surface area contributed by atoms with Crippen LogP contribution in [0.25, 0.3) is 0 Å². The fraction of sp³-hybridized carbons (Fsp3) is 0.593. The lowest BCUT2D eigenvalue weighted by Crippen LogP contribution is -2.64. The van der Waals surface area contributed by atoms with Gasteiger partial charge in [-0.3, -0.25) is 19.2 Å². The summed E-state index contributed by atoms with van der Waals surface area (Å²) in [6.45, 7) is 4.28. The van der Waals surface area contributed by atoms with Crippen LogP contribution in [-0.2, 0) is 30.4 Å². The standard InChI is InChI=1S/C27H38N4O5/c1-3-18(2)23-27(36)31-15-9-7-14-22(31)26(35)28-20(13-8-10-16-32)24(33)29-21(25(34)30-23)17-19-11-5-4-6-12-19/h4-6,11-12,16,18,20-23H,3,7-10,13-15,17H2,1-2H3,(H,28,35)(H,29,33)(H,30,34)/t18-,20-,21+,22-,23-/m0/s1. The lowest BCUT2D eigenvalue weighted by Gasteiger charge is -2.39. The van der Waals surface area contributed by atoms with Crippen LogP contribution in [0.4, 0.5) is 0 Å². The summed E-state index contributed by atoms with van der Waals surface area (Å²) in [4.78, 5) is 66.3. The number of aldehydes is 1. The lowest BCUT2D eigenvalue weighted by atomic mass is 9.93. The first-order valence-corrected chi connectivity index (χ1v) is 13.0. The van der Waals surface area contributed by atoms with E-state index in [1.54, 1.807) is 4.90 Å². The second kappa shape index (κ2) is 13.2. The molecule has 2 fully saturated rings. The van der Waals surface area contributed by atoms with Crippen LogP contribution >= 0.6 is 0 Å². The molecule has 0 aliphatic carbocycles. The Morgan fingerprint density at radius 3 is 2.36 bits per heavy atom. The Balaban J connectivity index is 1.97. The maximum Gasteiger partial charge on any atom is 0.246 e. The van der Waals surface area contributed by atoms with E-state index in [0.29, 0.717) is 25.8 Å². The molecule has 9 heteroatoms. The summed E-state index contributed by atoms with van der Waals surface area (Å²) in [6, 6.07) is 5.99. The highest BCUT2D eigenvalue weighted by atomic mass is 16.2. The van der Waals surface area contributed by atoms with Crippen LogP contribution in [-0.4, -0.2) is 65.5 Å². The van der Waals surface area contributed by atoms with E-state index in [1.807, 2.05) is 44.2 Å². The summed E-state index contributed by atoms with van der Waals surface area (Å²) in [6.07, 6.45) is 4.68. The molecule has 2 aliphatic rings. The van der Waals surface area contributed by atoms with E-state index in [1.165, 1.54) is 0 Å². The topological polar surface area (TPSA) is 125 Å². The minimum Gasteiger partial charge on any atom is -0.343 e. The van der Waals surface area contributed by atoms with Crippen molar-refractivity contribution in [3.8, 4) is 0 Å². The van der Waals surface area contributed by atoms with Crippen molar-refractivity contribution in [3.63, 3.8) is 0 Å². The van der Waals surface area contributed by atoms with E-state index >= 15 is 0 Å². The van der Waals surface area contributed by atoms with Crippen molar-refractivity contribution < 1.29 is 24.0 Å². The number of benzene rings is 1. The molecule has 2 heterocycles. The average molecular weight is 499 g/mol. The van der Waals surface area contributed by atoms with Crippen molar-refractivity contribution in [1.29, 1.82) is 0 Å². The third-order valence-corrected chi connectivity index (χ3v) is 7.23. The van der Waals surface area contributed by atoms with Gasteiger partial charge in [-0.15, -0.1) is 0 Å². The van der Waals surface area contributed by atoms with Crippen LogP contribution in [0.2, 0.25) is 0 Å². The molecule has 0 saturated carbocycles. The molecule has 5 atom stereocenters. The highest BCUT2D eigenvalue weighted by Gasteiger charge is 2.40. The van der Waals surface area contributed by atoms with Crippen molar-refractivity contribution in [2.75, 3.05) is 6.54 Å². The Kier molecular flexibility index (Phi) is 10.0. The molecular weight excluding hydrogens is 460 g/mol. The molecule has 36 heavy (non-hydrogen) atoms. The van der Waals surface area contributed by atoms with Crippen molar-refractivity contribution in [1.82, 2.24) is 20.9 Å². The summed E-state index contributed by atoms with van der Waals surface area (Å²) in [5, 5.41) is 8.56. The Morgan fingerprint density at radius 1 is 0.972 bits per heavy atom. The molecule has 3 N–H and O–H groups in total. The zero-order valence-corrected chi connectivity index (χ0v) is 21.2. The zero-order chi connectivity index (χ0) is 26.1. The third kappa shape index (κ3) is 6.92. The van der Waals surface area contributed by atoms with Gasteiger partial charge in [0.05, 0.1) is 0 Å². The average Bonchev–Trinajstić information content (AvgIpc) is 2.89. The number of piperidine rings is 1. The highest BCUT2D eigenvalue weighted by Crippen LogP contribution is 2.22. The zero-order valence-electron chi connectivity index (χ0n) is 21.2. The molecule has 2 saturated heterocycles. The number of unbranched alkanes of at least 4 members (excludes halogenated alkanes) is 1. The molecule has 0 unspecified atom stereocenters. The number of carbonyl (C=O) groups excluding carboxylic acids is 5. The van der Waals surface area contributed by atoms with E-state index in [9.17, 15) is 24.0 Å². The Hall–Kier alpha value is -3.23. The fourth-order valence-corrected chi connectivity index (χ4v) is 4.86. The Labute approximate surface area is 212 Å². The molecule has 0 radical (unpaired) electrons. The molecule has 9 nitrogen and oxygen atoms in total. The summed E-state index contributed by atoms with van der Waals surface area (Å²) < 4.78 is 0. The summed E-state index contributed by atoms with van der Waals surface area (Å²) in [5.74, 6) is -1.69. The number of fused-ring (bicyclic) bond motifs is 1. The number of nitrogens with one attached hydrogen (secondary N) is 3. The molecule has 4 amide bonds. The predicted octanol–water partition coefficient (Wildman–Crippen LogP) is 1.49. The maximum absolute atomic E-state index is 13.7. The second-order valence-electron chi connectivity index (χ2n) is 9.82. The van der Waals surface area contributed by atoms with Crippen LogP contribution < -0.4 is 16.0 Å². The number of hydrogen-bond acceptors (Lipinski definition) is 5. The monoisotopic (exact) mass is 498 g/mol. The maximum atomic E-state index is 13.7. The van der Waals surface area contributed by atoms with Gasteiger partial charge in [0.2, 0.25) is 23.6 Å². The minimum atomic E-state index is -0.929. The molecule has 0 aromatic heterocycles. The van der Waals surface area contributed by atoms with E-state index in [-0.39, 0.29) is 37.0 Å². The van der Waals surface area contributed by atoms with Crippen LogP contribution in [0.1, 0.15) is 64.4 Å². The Bertz CT molecular complexity index is 937. The number of nitrogens with zero attached hydrogens (tertiary/aromatic N) is 1. The van der Waals surface area contributed by atoms with Gasteiger partial charge in [-0.05, 0) is 43.6 Å². The van der Waals surface area contributed by atoms with E-state index in [2.05, 4.69) is 16.0 Å². The lowest BCUT2D eigenvalue weighted by molar-refractivity contribution is -0.147. The normalized spacial score (nSPS) is 26.4. The number of rotatable bonds is 8. The molecule has 1 aromatic carbocycles. The molecule has 0 bridgehead atoms. The smallest absolute Gasteiger partial charge is 0.246 e. The van der Waals surface area contributed by atoms with Gasteiger partial charge in [-0.2, -0.15) is 0 Å². The second-order valence-corrected chi connectivity index (χ2v) is 9.82. The Morgan fingerprint density at radius 2 is 1.67 bits per heavy atom. The predicted molar refractivity (Wildman–Crippen MR) is 135 cm³/mol. The van der Waals surface area contributed by atoms with Gasteiger partial charge in [0, 0.05) is 19.4 Å². The van der Waals surface area contributed by atoms with Gasteiger partial charge in [-0.25, -0.2) is 0 Å².